The van der Waals surface area contributed by atoms with E-state index in [9.17, 15) is 0 Å². The van der Waals surface area contributed by atoms with Crippen molar-refractivity contribution >= 4 is 0 Å². The molecule has 2 nitrogen and oxygen atoms in total. The Bertz CT molecular complexity index is 350. The summed E-state index contributed by atoms with van der Waals surface area (Å²) in [6, 6.07) is 8.72. The Kier molecular flexibility index (Phi) is 3.04. The molecule has 0 spiro atoms. The van der Waals surface area contributed by atoms with Gasteiger partial charge in [-0.3, -0.25) is 5.32 Å². The lowest BCUT2D eigenvalue weighted by Crippen LogP contribution is -2.15. The largest absolute Gasteiger partial charge is 0.355 e. The second-order valence-electron chi connectivity index (χ2n) is 5.61. The zero-order valence-electron chi connectivity index (χ0n) is 10.6. The number of nitrogens with one attached hydrogen (secondary N) is 1. The molecule has 0 saturated carbocycles. The highest BCUT2D eigenvalue weighted by Gasteiger charge is 2.22. The summed E-state index contributed by atoms with van der Waals surface area (Å²) >= 11 is 0. The highest BCUT2D eigenvalue weighted by Crippen LogP contribution is 2.26. The first-order valence-corrected chi connectivity index (χ1v) is 5.96. The second-order valence-corrected chi connectivity index (χ2v) is 5.61. The van der Waals surface area contributed by atoms with Crippen molar-refractivity contribution in [3.05, 3.63) is 35.4 Å². The maximum Gasteiger partial charge on any atom is 0.134 e. The Morgan fingerprint density at radius 3 is 2.25 bits per heavy atom. The monoisotopic (exact) mass is 219 g/mol. The molecule has 2 unspecified atom stereocenters. The minimum Gasteiger partial charge on any atom is -0.355 e. The van der Waals surface area contributed by atoms with Crippen LogP contribution in [-0.4, -0.2) is 12.6 Å². The maximum absolute atomic E-state index is 5.76. The molecule has 1 aromatic rings. The molecule has 16 heavy (non-hydrogen) atoms. The van der Waals surface area contributed by atoms with E-state index in [2.05, 4.69) is 57.3 Å². The van der Waals surface area contributed by atoms with Crippen LogP contribution in [0.25, 0.3) is 0 Å². The summed E-state index contributed by atoms with van der Waals surface area (Å²) < 4.78 is 5.76. The van der Waals surface area contributed by atoms with Crippen LogP contribution in [0.2, 0.25) is 0 Å². The topological polar surface area (TPSA) is 21.3 Å². The smallest absolute Gasteiger partial charge is 0.134 e. The van der Waals surface area contributed by atoms with Crippen LogP contribution in [0.15, 0.2) is 24.3 Å². The van der Waals surface area contributed by atoms with Gasteiger partial charge in [-0.15, -0.1) is 0 Å². The Labute approximate surface area is 98.0 Å². The average Bonchev–Trinajstić information content (AvgIpc) is 2.64. The van der Waals surface area contributed by atoms with Crippen LogP contribution < -0.4 is 5.32 Å². The lowest BCUT2D eigenvalue weighted by atomic mass is 9.86. The lowest BCUT2D eigenvalue weighted by Gasteiger charge is -2.20. The molecule has 2 heteroatoms. The van der Waals surface area contributed by atoms with Gasteiger partial charge in [0.05, 0.1) is 6.10 Å². The summed E-state index contributed by atoms with van der Waals surface area (Å²) in [6.45, 7) is 9.72. The third-order valence-corrected chi connectivity index (χ3v) is 3.04. The molecule has 88 valence electrons. The molecule has 0 radical (unpaired) electrons. The quantitative estimate of drug-likeness (QED) is 0.784. The van der Waals surface area contributed by atoms with E-state index in [1.807, 2.05) is 0 Å². The summed E-state index contributed by atoms with van der Waals surface area (Å²) in [4.78, 5) is 0. The van der Waals surface area contributed by atoms with Crippen molar-refractivity contribution in [3.63, 3.8) is 0 Å². The van der Waals surface area contributed by atoms with E-state index in [4.69, 9.17) is 4.74 Å². The van der Waals surface area contributed by atoms with Gasteiger partial charge in [-0.1, -0.05) is 45.0 Å². The molecule has 0 bridgehead atoms. The van der Waals surface area contributed by atoms with Crippen LogP contribution >= 0.6 is 0 Å². The highest BCUT2D eigenvalue weighted by molar-refractivity contribution is 5.28. The van der Waals surface area contributed by atoms with Gasteiger partial charge < -0.3 is 4.74 Å². The number of benzene rings is 1. The number of rotatable bonds is 1. The first kappa shape index (κ1) is 11.6. The predicted octanol–water partition coefficient (Wildman–Crippen LogP) is 2.99. The lowest BCUT2D eigenvalue weighted by molar-refractivity contribution is 0.0510. The fourth-order valence-electron chi connectivity index (χ4n) is 1.96. The molecule has 1 aliphatic heterocycles. The van der Waals surface area contributed by atoms with Crippen molar-refractivity contribution < 1.29 is 4.74 Å². The molecule has 0 aromatic heterocycles. The van der Waals surface area contributed by atoms with E-state index in [0.717, 1.165) is 6.54 Å². The Balaban J connectivity index is 2.14. The molecule has 1 N–H and O–H groups in total. The SMILES string of the molecule is CC1CNC(c2ccc(C(C)(C)C)cc2)O1. The summed E-state index contributed by atoms with van der Waals surface area (Å²) in [7, 11) is 0. The van der Waals surface area contributed by atoms with E-state index in [0.29, 0.717) is 6.10 Å². The van der Waals surface area contributed by atoms with E-state index in [-0.39, 0.29) is 11.6 Å². The van der Waals surface area contributed by atoms with Crippen molar-refractivity contribution in [2.45, 2.75) is 45.4 Å². The maximum atomic E-state index is 5.76. The first-order chi connectivity index (χ1) is 7.47. The van der Waals surface area contributed by atoms with Crippen molar-refractivity contribution in [2.24, 2.45) is 0 Å². The molecule has 1 heterocycles. The van der Waals surface area contributed by atoms with Crippen molar-refractivity contribution in [1.29, 1.82) is 0 Å². The van der Waals surface area contributed by atoms with Gasteiger partial charge in [0.2, 0.25) is 0 Å². The van der Waals surface area contributed by atoms with E-state index in [1.54, 1.807) is 0 Å². The molecule has 0 aliphatic carbocycles. The van der Waals surface area contributed by atoms with E-state index in [1.165, 1.54) is 11.1 Å². The summed E-state index contributed by atoms with van der Waals surface area (Å²) in [6.07, 6.45) is 0.385. The molecule has 2 rings (SSSR count). The number of hydrogen-bond donors (Lipinski definition) is 1. The molecule has 1 aliphatic rings. The summed E-state index contributed by atoms with van der Waals surface area (Å²) in [5.41, 5.74) is 2.80. The van der Waals surface area contributed by atoms with E-state index >= 15 is 0 Å². The number of ether oxygens (including phenoxy) is 1. The van der Waals surface area contributed by atoms with Gasteiger partial charge in [0, 0.05) is 6.54 Å². The predicted molar refractivity (Wildman–Crippen MR) is 66.4 cm³/mol. The minimum atomic E-state index is 0.0732. The van der Waals surface area contributed by atoms with Crippen LogP contribution in [-0.2, 0) is 10.2 Å². The molecular weight excluding hydrogens is 198 g/mol. The average molecular weight is 219 g/mol. The van der Waals surface area contributed by atoms with Crippen LogP contribution in [0.3, 0.4) is 0 Å². The van der Waals surface area contributed by atoms with Crippen molar-refractivity contribution in [1.82, 2.24) is 5.32 Å². The van der Waals surface area contributed by atoms with Gasteiger partial charge >= 0.3 is 0 Å². The van der Waals surface area contributed by atoms with Gasteiger partial charge in [0.1, 0.15) is 6.23 Å². The standard InChI is InChI=1S/C14H21NO/c1-10-9-15-13(16-10)11-5-7-12(8-6-11)14(2,3)4/h5-8,10,13,15H,9H2,1-4H3. The fourth-order valence-corrected chi connectivity index (χ4v) is 1.96. The van der Waals surface area contributed by atoms with Gasteiger partial charge in [-0.2, -0.15) is 0 Å². The zero-order valence-corrected chi connectivity index (χ0v) is 10.6. The normalized spacial score (nSPS) is 26.0. The Morgan fingerprint density at radius 2 is 1.81 bits per heavy atom. The fraction of sp³-hybridized carbons (Fsp3) is 0.571. The van der Waals surface area contributed by atoms with Crippen molar-refractivity contribution in [3.8, 4) is 0 Å². The zero-order chi connectivity index (χ0) is 11.8. The number of hydrogen-bond acceptors (Lipinski definition) is 2. The van der Waals surface area contributed by atoms with Gasteiger partial charge in [0.25, 0.3) is 0 Å². The van der Waals surface area contributed by atoms with Gasteiger partial charge in [-0.25, -0.2) is 0 Å². The third kappa shape index (κ3) is 2.45. The van der Waals surface area contributed by atoms with Crippen LogP contribution in [0.1, 0.15) is 45.0 Å². The summed E-state index contributed by atoms with van der Waals surface area (Å²) in [5, 5.41) is 3.36. The van der Waals surface area contributed by atoms with Crippen molar-refractivity contribution in [2.75, 3.05) is 6.54 Å². The molecule has 1 fully saturated rings. The molecular formula is C14H21NO. The molecule has 2 atom stereocenters. The van der Waals surface area contributed by atoms with Gasteiger partial charge in [-0.05, 0) is 23.5 Å². The second kappa shape index (κ2) is 4.19. The summed E-state index contributed by atoms with van der Waals surface area (Å²) in [5.74, 6) is 0. The Morgan fingerprint density at radius 1 is 1.19 bits per heavy atom. The van der Waals surface area contributed by atoms with E-state index < -0.39 is 0 Å². The van der Waals surface area contributed by atoms with Crippen LogP contribution in [0.4, 0.5) is 0 Å². The van der Waals surface area contributed by atoms with Crippen LogP contribution in [0, 0.1) is 0 Å². The van der Waals surface area contributed by atoms with Crippen LogP contribution in [0.5, 0.6) is 0 Å². The molecule has 1 saturated heterocycles. The van der Waals surface area contributed by atoms with Gasteiger partial charge in [0.15, 0.2) is 0 Å². The third-order valence-electron chi connectivity index (χ3n) is 3.04. The minimum absolute atomic E-state index is 0.0732. The Hall–Kier alpha value is -0.860. The first-order valence-electron chi connectivity index (χ1n) is 5.96. The molecule has 1 aromatic carbocycles. The highest BCUT2D eigenvalue weighted by atomic mass is 16.5. The molecule has 0 amide bonds.